The first-order valence-corrected chi connectivity index (χ1v) is 7.89. The molecule has 1 amide bonds. The van der Waals surface area contributed by atoms with E-state index in [9.17, 15) is 4.79 Å². The molecule has 0 saturated carbocycles. The van der Waals surface area contributed by atoms with Gasteiger partial charge < -0.3 is 10.6 Å². The van der Waals surface area contributed by atoms with Crippen molar-refractivity contribution < 1.29 is 4.79 Å². The number of carbonyl (C=O) groups is 1. The van der Waals surface area contributed by atoms with Crippen molar-refractivity contribution in [1.29, 1.82) is 0 Å². The van der Waals surface area contributed by atoms with E-state index in [1.165, 1.54) is 12.8 Å². The van der Waals surface area contributed by atoms with Gasteiger partial charge >= 0.3 is 0 Å². The van der Waals surface area contributed by atoms with Crippen molar-refractivity contribution in [3.63, 3.8) is 0 Å². The summed E-state index contributed by atoms with van der Waals surface area (Å²) in [4.78, 5) is 14.4. The molecule has 0 bridgehead atoms. The van der Waals surface area contributed by atoms with Crippen LogP contribution in [0.5, 0.6) is 0 Å². The lowest BCUT2D eigenvalue weighted by Crippen LogP contribution is -2.42. The van der Waals surface area contributed by atoms with E-state index in [1.807, 2.05) is 26.1 Å². The summed E-state index contributed by atoms with van der Waals surface area (Å²) in [5.41, 5.74) is 1.83. The summed E-state index contributed by atoms with van der Waals surface area (Å²) in [5.74, 6) is 0.694. The minimum absolute atomic E-state index is 0. The standard InChI is InChI=1S/C16H24ClN3O.ClH/c1-12-8-14(17)5-6-15(12)19-16(21)11-20-7-3-4-13(10-20)9-18-2;/h5-6,8,13,18H,3-4,7,9-11H2,1-2H3,(H,19,21);1H. The van der Waals surface area contributed by atoms with Crippen molar-refractivity contribution in [2.45, 2.75) is 19.8 Å². The maximum Gasteiger partial charge on any atom is 0.238 e. The van der Waals surface area contributed by atoms with Gasteiger partial charge in [0.25, 0.3) is 0 Å². The van der Waals surface area contributed by atoms with E-state index >= 15 is 0 Å². The summed E-state index contributed by atoms with van der Waals surface area (Å²) in [6, 6.07) is 5.52. The summed E-state index contributed by atoms with van der Waals surface area (Å²) < 4.78 is 0. The van der Waals surface area contributed by atoms with Gasteiger partial charge in [0.1, 0.15) is 0 Å². The minimum atomic E-state index is 0. The molecular formula is C16H25Cl2N3O. The van der Waals surface area contributed by atoms with Gasteiger partial charge in [0.05, 0.1) is 6.54 Å². The Labute approximate surface area is 144 Å². The maximum absolute atomic E-state index is 12.2. The SMILES string of the molecule is CNCC1CCCN(CC(=O)Nc2ccc(Cl)cc2C)C1.Cl. The molecule has 2 rings (SSSR count). The number of hydrogen-bond donors (Lipinski definition) is 2. The van der Waals surface area contributed by atoms with Crippen molar-refractivity contribution in [3.05, 3.63) is 28.8 Å². The van der Waals surface area contributed by atoms with Crippen molar-refractivity contribution in [2.75, 3.05) is 38.5 Å². The first-order valence-electron chi connectivity index (χ1n) is 7.51. The Morgan fingerprint density at radius 1 is 1.45 bits per heavy atom. The maximum atomic E-state index is 12.2. The van der Waals surface area contributed by atoms with Crippen LogP contribution >= 0.6 is 24.0 Å². The molecule has 0 radical (unpaired) electrons. The van der Waals surface area contributed by atoms with Crippen LogP contribution in [-0.2, 0) is 4.79 Å². The molecule has 0 spiro atoms. The molecule has 0 aromatic heterocycles. The predicted octanol–water partition coefficient (Wildman–Crippen LogP) is 2.94. The van der Waals surface area contributed by atoms with Gasteiger partial charge in [-0.15, -0.1) is 12.4 Å². The molecule has 1 aliphatic heterocycles. The number of halogens is 2. The third kappa shape index (κ3) is 5.76. The van der Waals surface area contributed by atoms with Gasteiger partial charge in [0.15, 0.2) is 0 Å². The van der Waals surface area contributed by atoms with Gasteiger partial charge in [-0.1, -0.05) is 11.6 Å². The molecule has 4 nitrogen and oxygen atoms in total. The van der Waals surface area contributed by atoms with E-state index in [4.69, 9.17) is 11.6 Å². The Balaban J connectivity index is 0.00000242. The summed E-state index contributed by atoms with van der Waals surface area (Å²) >= 11 is 5.93. The van der Waals surface area contributed by atoms with E-state index in [2.05, 4.69) is 15.5 Å². The van der Waals surface area contributed by atoms with Crippen LogP contribution in [-0.4, -0.2) is 44.0 Å². The molecule has 22 heavy (non-hydrogen) atoms. The van der Waals surface area contributed by atoms with Crippen LogP contribution in [0.3, 0.4) is 0 Å². The largest absolute Gasteiger partial charge is 0.325 e. The Morgan fingerprint density at radius 3 is 2.91 bits per heavy atom. The van der Waals surface area contributed by atoms with E-state index in [-0.39, 0.29) is 18.3 Å². The minimum Gasteiger partial charge on any atom is -0.325 e. The number of benzene rings is 1. The fourth-order valence-electron chi connectivity index (χ4n) is 2.91. The molecule has 1 heterocycles. The number of rotatable bonds is 5. The monoisotopic (exact) mass is 345 g/mol. The summed E-state index contributed by atoms with van der Waals surface area (Å²) in [7, 11) is 1.98. The highest BCUT2D eigenvalue weighted by molar-refractivity contribution is 6.30. The molecular weight excluding hydrogens is 321 g/mol. The van der Waals surface area contributed by atoms with E-state index < -0.39 is 0 Å². The average molecular weight is 346 g/mol. The number of nitrogens with zero attached hydrogens (tertiary/aromatic N) is 1. The molecule has 1 aromatic rings. The number of carbonyl (C=O) groups excluding carboxylic acids is 1. The van der Waals surface area contributed by atoms with Crippen LogP contribution in [0.15, 0.2) is 18.2 Å². The Morgan fingerprint density at radius 2 is 2.23 bits per heavy atom. The third-order valence-electron chi connectivity index (χ3n) is 3.93. The van der Waals surface area contributed by atoms with Crippen molar-refractivity contribution in [2.24, 2.45) is 5.92 Å². The number of anilines is 1. The molecule has 1 aliphatic rings. The van der Waals surface area contributed by atoms with Gasteiger partial charge in [0.2, 0.25) is 5.91 Å². The number of piperidine rings is 1. The highest BCUT2D eigenvalue weighted by Gasteiger charge is 2.21. The molecule has 2 N–H and O–H groups in total. The zero-order chi connectivity index (χ0) is 15.2. The highest BCUT2D eigenvalue weighted by Crippen LogP contribution is 2.20. The predicted molar refractivity (Wildman–Crippen MR) is 95.2 cm³/mol. The van der Waals surface area contributed by atoms with E-state index in [1.54, 1.807) is 6.07 Å². The lowest BCUT2D eigenvalue weighted by atomic mass is 9.98. The van der Waals surface area contributed by atoms with Crippen molar-refractivity contribution in [1.82, 2.24) is 10.2 Å². The fourth-order valence-corrected chi connectivity index (χ4v) is 3.14. The van der Waals surface area contributed by atoms with Gasteiger partial charge in [-0.05, 0) is 69.6 Å². The van der Waals surface area contributed by atoms with Crippen LogP contribution in [0, 0.1) is 12.8 Å². The molecule has 1 saturated heterocycles. The first-order chi connectivity index (χ1) is 10.1. The van der Waals surface area contributed by atoms with Crippen molar-refractivity contribution in [3.8, 4) is 0 Å². The number of hydrogen-bond acceptors (Lipinski definition) is 3. The Bertz CT molecular complexity index is 494. The van der Waals surface area contributed by atoms with Crippen LogP contribution in [0.2, 0.25) is 5.02 Å². The Kier molecular flexibility index (Phi) is 8.18. The van der Waals surface area contributed by atoms with Crippen molar-refractivity contribution >= 4 is 35.6 Å². The first kappa shape index (κ1) is 19.2. The fraction of sp³-hybridized carbons (Fsp3) is 0.562. The highest BCUT2D eigenvalue weighted by atomic mass is 35.5. The second kappa shape index (κ2) is 9.36. The van der Waals surface area contributed by atoms with Gasteiger partial charge in [0, 0.05) is 17.3 Å². The van der Waals surface area contributed by atoms with Gasteiger partial charge in [-0.2, -0.15) is 0 Å². The zero-order valence-corrected chi connectivity index (χ0v) is 14.8. The molecule has 0 aliphatic carbocycles. The molecule has 1 aromatic carbocycles. The quantitative estimate of drug-likeness (QED) is 0.862. The smallest absolute Gasteiger partial charge is 0.238 e. The van der Waals surface area contributed by atoms with Crippen LogP contribution in [0.4, 0.5) is 5.69 Å². The van der Waals surface area contributed by atoms with E-state index in [0.717, 1.165) is 30.9 Å². The zero-order valence-electron chi connectivity index (χ0n) is 13.2. The summed E-state index contributed by atoms with van der Waals surface area (Å²) in [5, 5.41) is 6.89. The molecule has 6 heteroatoms. The second-order valence-corrected chi connectivity index (χ2v) is 6.24. The molecule has 1 atom stereocenters. The van der Waals surface area contributed by atoms with Gasteiger partial charge in [-0.25, -0.2) is 0 Å². The number of likely N-dealkylation sites (tertiary alicyclic amines) is 1. The van der Waals surface area contributed by atoms with Crippen LogP contribution < -0.4 is 10.6 Å². The number of amides is 1. The number of nitrogens with one attached hydrogen (secondary N) is 2. The number of aryl methyl sites for hydroxylation is 1. The van der Waals surface area contributed by atoms with Crippen LogP contribution in [0.1, 0.15) is 18.4 Å². The van der Waals surface area contributed by atoms with Gasteiger partial charge in [-0.3, -0.25) is 9.69 Å². The lowest BCUT2D eigenvalue weighted by Gasteiger charge is -2.32. The summed E-state index contributed by atoms with van der Waals surface area (Å²) in [6.45, 7) is 5.43. The second-order valence-electron chi connectivity index (χ2n) is 5.81. The lowest BCUT2D eigenvalue weighted by molar-refractivity contribution is -0.117. The molecule has 1 fully saturated rings. The summed E-state index contributed by atoms with van der Waals surface area (Å²) in [6.07, 6.45) is 2.41. The molecule has 1 unspecified atom stereocenters. The van der Waals surface area contributed by atoms with Crippen LogP contribution in [0.25, 0.3) is 0 Å². The third-order valence-corrected chi connectivity index (χ3v) is 4.16. The van der Waals surface area contributed by atoms with E-state index in [0.29, 0.717) is 17.5 Å². The Hall–Kier alpha value is -0.810. The molecule has 124 valence electrons. The normalized spacial score (nSPS) is 18.6. The average Bonchev–Trinajstić information content (AvgIpc) is 2.43. The topological polar surface area (TPSA) is 44.4 Å².